The predicted molar refractivity (Wildman–Crippen MR) is 72.0 cm³/mol. The van der Waals surface area contributed by atoms with E-state index < -0.39 is 11.7 Å². The number of nitrogens with two attached hydrogens (primary N) is 1. The van der Waals surface area contributed by atoms with E-state index in [-0.39, 0.29) is 0 Å². The second-order valence-corrected chi connectivity index (χ2v) is 4.37. The van der Waals surface area contributed by atoms with Crippen LogP contribution in [0.4, 0.5) is 19.0 Å². The van der Waals surface area contributed by atoms with Gasteiger partial charge in [0.2, 0.25) is 0 Å². The van der Waals surface area contributed by atoms with Crippen LogP contribution in [0.25, 0.3) is 11.3 Å². The Balaban J connectivity index is 2.52. The number of rotatable bonds is 3. The molecule has 3 nitrogen and oxygen atoms in total. The number of nitrogen functional groups attached to an aromatic ring is 1. The number of nitrogens with zero attached hydrogens (tertiary/aromatic N) is 2. The standard InChI is InChI=1S/C14H14F3N3/c1-3-7-20-9(2)19-12(13(20)18)10-5-4-6-11(8-10)14(15,16)17/h3-6,8H,1,7,18H2,2H3. The SMILES string of the molecule is C=CCn1c(C)nc(-c2cccc(C(F)(F)F)c2)c1N. The van der Waals surface area contributed by atoms with Crippen molar-refractivity contribution in [1.29, 1.82) is 0 Å². The van der Waals surface area contributed by atoms with Crippen LogP contribution >= 0.6 is 0 Å². The van der Waals surface area contributed by atoms with Crippen molar-refractivity contribution in [2.24, 2.45) is 0 Å². The van der Waals surface area contributed by atoms with Crippen molar-refractivity contribution >= 4 is 5.82 Å². The van der Waals surface area contributed by atoms with Gasteiger partial charge >= 0.3 is 6.18 Å². The highest BCUT2D eigenvalue weighted by Gasteiger charge is 2.30. The molecular weight excluding hydrogens is 267 g/mol. The molecule has 0 saturated carbocycles. The summed E-state index contributed by atoms with van der Waals surface area (Å²) in [5.74, 6) is 0.969. The monoisotopic (exact) mass is 281 g/mol. The van der Waals surface area contributed by atoms with Gasteiger partial charge in [-0.2, -0.15) is 13.2 Å². The molecule has 2 aromatic rings. The molecule has 0 spiro atoms. The lowest BCUT2D eigenvalue weighted by molar-refractivity contribution is -0.137. The number of hydrogen-bond donors (Lipinski definition) is 1. The number of aryl methyl sites for hydroxylation is 1. The van der Waals surface area contributed by atoms with Crippen LogP contribution < -0.4 is 5.73 Å². The second kappa shape index (κ2) is 5.03. The van der Waals surface area contributed by atoms with Crippen molar-refractivity contribution in [1.82, 2.24) is 9.55 Å². The number of halogens is 3. The number of anilines is 1. The first-order valence-electron chi connectivity index (χ1n) is 5.95. The molecule has 0 unspecified atom stereocenters. The minimum Gasteiger partial charge on any atom is -0.383 e. The molecule has 0 bridgehead atoms. The first kappa shape index (κ1) is 14.2. The summed E-state index contributed by atoms with van der Waals surface area (Å²) in [6.07, 6.45) is -2.73. The summed E-state index contributed by atoms with van der Waals surface area (Å²) in [7, 11) is 0. The molecule has 2 rings (SSSR count). The predicted octanol–water partition coefficient (Wildman–Crippen LogP) is 3.65. The lowest BCUT2D eigenvalue weighted by atomic mass is 10.1. The van der Waals surface area contributed by atoms with Crippen LogP contribution in [0.15, 0.2) is 36.9 Å². The molecule has 0 atom stereocenters. The molecule has 1 heterocycles. The van der Waals surface area contributed by atoms with Crippen LogP contribution in [0, 0.1) is 6.92 Å². The van der Waals surface area contributed by atoms with Gasteiger partial charge in [-0.15, -0.1) is 6.58 Å². The third-order valence-corrected chi connectivity index (χ3v) is 2.97. The molecule has 1 aromatic carbocycles. The quantitative estimate of drug-likeness (QED) is 0.873. The summed E-state index contributed by atoms with van der Waals surface area (Å²) >= 11 is 0. The summed E-state index contributed by atoms with van der Waals surface area (Å²) in [5.41, 5.74) is 5.94. The first-order valence-corrected chi connectivity index (χ1v) is 5.95. The molecule has 0 aliphatic carbocycles. The molecule has 2 N–H and O–H groups in total. The number of alkyl halides is 3. The van der Waals surface area contributed by atoms with Gasteiger partial charge in [0.1, 0.15) is 17.3 Å². The molecule has 6 heteroatoms. The smallest absolute Gasteiger partial charge is 0.383 e. The van der Waals surface area contributed by atoms with E-state index in [0.29, 0.717) is 29.4 Å². The van der Waals surface area contributed by atoms with Gasteiger partial charge in [0.15, 0.2) is 0 Å². The topological polar surface area (TPSA) is 43.8 Å². The molecule has 0 radical (unpaired) electrons. The maximum absolute atomic E-state index is 12.7. The summed E-state index contributed by atoms with van der Waals surface area (Å²) in [6.45, 7) is 5.82. The minimum atomic E-state index is -4.39. The van der Waals surface area contributed by atoms with Gasteiger partial charge in [0.25, 0.3) is 0 Å². The van der Waals surface area contributed by atoms with Crippen LogP contribution in [-0.2, 0) is 12.7 Å². The van der Waals surface area contributed by atoms with E-state index >= 15 is 0 Å². The second-order valence-electron chi connectivity index (χ2n) is 4.37. The van der Waals surface area contributed by atoms with Gasteiger partial charge in [0.05, 0.1) is 5.56 Å². The molecule has 0 fully saturated rings. The Hall–Kier alpha value is -2.24. The molecule has 0 saturated heterocycles. The van der Waals surface area contributed by atoms with Gasteiger partial charge < -0.3 is 10.3 Å². The van der Waals surface area contributed by atoms with E-state index in [1.807, 2.05) is 0 Å². The van der Waals surface area contributed by atoms with Gasteiger partial charge in [-0.1, -0.05) is 18.2 Å². The Morgan fingerprint density at radius 1 is 1.40 bits per heavy atom. The van der Waals surface area contributed by atoms with E-state index in [1.165, 1.54) is 6.07 Å². The lowest BCUT2D eigenvalue weighted by Gasteiger charge is -2.08. The maximum atomic E-state index is 12.7. The Morgan fingerprint density at radius 3 is 2.70 bits per heavy atom. The van der Waals surface area contributed by atoms with Crippen molar-refractivity contribution in [3.63, 3.8) is 0 Å². The number of hydrogen-bond acceptors (Lipinski definition) is 2. The zero-order valence-corrected chi connectivity index (χ0v) is 10.9. The van der Waals surface area contributed by atoms with E-state index in [2.05, 4.69) is 11.6 Å². The average Bonchev–Trinajstić information content (AvgIpc) is 2.66. The number of aromatic nitrogens is 2. The van der Waals surface area contributed by atoms with Gasteiger partial charge in [-0.3, -0.25) is 0 Å². The van der Waals surface area contributed by atoms with Gasteiger partial charge in [0, 0.05) is 12.1 Å². The highest BCUT2D eigenvalue weighted by Crippen LogP contribution is 2.33. The van der Waals surface area contributed by atoms with E-state index in [0.717, 1.165) is 12.1 Å². The van der Waals surface area contributed by atoms with E-state index in [4.69, 9.17) is 5.73 Å². The molecule has 1 aromatic heterocycles. The van der Waals surface area contributed by atoms with Crippen molar-refractivity contribution < 1.29 is 13.2 Å². The molecule has 0 amide bonds. The van der Waals surface area contributed by atoms with Crippen molar-refractivity contribution in [2.45, 2.75) is 19.6 Å². The molecule has 0 aliphatic rings. The Morgan fingerprint density at radius 2 is 2.10 bits per heavy atom. The Kier molecular flexibility index (Phi) is 3.57. The van der Waals surface area contributed by atoms with Crippen LogP contribution in [0.3, 0.4) is 0 Å². The summed E-state index contributed by atoms with van der Waals surface area (Å²) in [5, 5.41) is 0. The fourth-order valence-electron chi connectivity index (χ4n) is 2.00. The van der Waals surface area contributed by atoms with E-state index in [9.17, 15) is 13.2 Å². The summed E-state index contributed by atoms with van der Waals surface area (Å²) in [6, 6.07) is 4.98. The Labute approximate surface area is 114 Å². The number of benzene rings is 1. The fourth-order valence-corrected chi connectivity index (χ4v) is 2.00. The minimum absolute atomic E-state index is 0.335. The van der Waals surface area contributed by atoms with Crippen LogP contribution in [0.2, 0.25) is 0 Å². The van der Waals surface area contributed by atoms with Gasteiger partial charge in [-0.25, -0.2) is 4.98 Å². The highest BCUT2D eigenvalue weighted by atomic mass is 19.4. The van der Waals surface area contributed by atoms with E-state index in [1.54, 1.807) is 23.6 Å². The summed E-state index contributed by atoms with van der Waals surface area (Å²) < 4.78 is 39.9. The third kappa shape index (κ3) is 2.54. The largest absolute Gasteiger partial charge is 0.416 e. The highest BCUT2D eigenvalue weighted by molar-refractivity contribution is 5.71. The van der Waals surface area contributed by atoms with Crippen LogP contribution in [-0.4, -0.2) is 9.55 Å². The molecule has 20 heavy (non-hydrogen) atoms. The maximum Gasteiger partial charge on any atom is 0.416 e. The average molecular weight is 281 g/mol. The molecular formula is C14H14F3N3. The Bertz CT molecular complexity index is 642. The lowest BCUT2D eigenvalue weighted by Crippen LogP contribution is -2.05. The first-order chi connectivity index (χ1) is 9.34. The number of allylic oxidation sites excluding steroid dienone is 1. The van der Waals surface area contributed by atoms with Gasteiger partial charge in [-0.05, 0) is 19.1 Å². The van der Waals surface area contributed by atoms with Crippen LogP contribution in [0.1, 0.15) is 11.4 Å². The zero-order valence-electron chi connectivity index (χ0n) is 10.9. The van der Waals surface area contributed by atoms with Crippen LogP contribution in [0.5, 0.6) is 0 Å². The molecule has 0 aliphatic heterocycles. The molecule has 106 valence electrons. The fraction of sp³-hybridized carbons (Fsp3) is 0.214. The van der Waals surface area contributed by atoms with Crippen molar-refractivity contribution in [3.8, 4) is 11.3 Å². The van der Waals surface area contributed by atoms with Crippen molar-refractivity contribution in [3.05, 3.63) is 48.3 Å². The normalized spacial score (nSPS) is 11.6. The van der Waals surface area contributed by atoms with Crippen molar-refractivity contribution in [2.75, 3.05) is 5.73 Å². The third-order valence-electron chi connectivity index (χ3n) is 2.97. The number of imidazole rings is 1. The zero-order chi connectivity index (χ0) is 14.9. The summed E-state index contributed by atoms with van der Waals surface area (Å²) in [4.78, 5) is 4.25.